The number of unbranched alkanes of at least 4 members (excludes halogenated alkanes) is 2. The Morgan fingerprint density at radius 1 is 1.00 bits per heavy atom. The monoisotopic (exact) mass is 429 g/mol. The SMILES string of the molecule is O=C([O-])CCCCCOc1ccc2nc(-c3ccc4cc(O)ccc4c3)oc2c1.[K+]. The van der Waals surface area contributed by atoms with Crippen LogP contribution in [-0.4, -0.2) is 22.7 Å². The number of phenolic OH excluding ortho intramolecular Hbond substituents is 1. The van der Waals surface area contributed by atoms with Gasteiger partial charge in [0.2, 0.25) is 5.89 Å². The fourth-order valence-electron chi connectivity index (χ4n) is 3.22. The molecule has 148 valence electrons. The first-order valence-electron chi connectivity index (χ1n) is 9.55. The number of ether oxygens (including phenoxy) is 1. The summed E-state index contributed by atoms with van der Waals surface area (Å²) in [6.45, 7) is 0.511. The quantitative estimate of drug-likeness (QED) is 0.332. The number of aromatic nitrogens is 1. The summed E-state index contributed by atoms with van der Waals surface area (Å²) < 4.78 is 11.7. The standard InChI is InChI=1S/C23H21NO5.K/c25-18-8-7-15-12-17(6-5-16(15)13-18)23-24-20-10-9-19(14-21(20)29-23)28-11-3-1-2-4-22(26)27;/h5-10,12-14,25H,1-4,11H2,(H,26,27);/q;+1/p-1. The summed E-state index contributed by atoms with van der Waals surface area (Å²) in [6, 6.07) is 16.6. The van der Waals surface area contributed by atoms with E-state index in [1.165, 1.54) is 0 Å². The Morgan fingerprint density at radius 3 is 2.63 bits per heavy atom. The number of carboxylic acids is 1. The molecule has 7 heteroatoms. The van der Waals surface area contributed by atoms with E-state index in [4.69, 9.17) is 9.15 Å². The third-order valence-corrected chi connectivity index (χ3v) is 4.72. The molecule has 0 saturated heterocycles. The smallest absolute Gasteiger partial charge is 0.550 e. The molecular formula is C23H20KNO5. The normalized spacial score (nSPS) is 10.8. The molecule has 0 spiro atoms. The molecule has 3 aromatic carbocycles. The van der Waals surface area contributed by atoms with Gasteiger partial charge in [-0.3, -0.25) is 0 Å². The molecule has 0 radical (unpaired) electrons. The fourth-order valence-corrected chi connectivity index (χ4v) is 3.22. The molecule has 0 bridgehead atoms. The second kappa shape index (κ2) is 10.4. The van der Waals surface area contributed by atoms with Crippen LogP contribution in [0.2, 0.25) is 0 Å². The summed E-state index contributed by atoms with van der Waals surface area (Å²) in [5.74, 6) is 0.434. The summed E-state index contributed by atoms with van der Waals surface area (Å²) in [5.41, 5.74) is 2.24. The molecule has 1 heterocycles. The second-order valence-electron chi connectivity index (χ2n) is 6.93. The summed E-state index contributed by atoms with van der Waals surface area (Å²) in [4.78, 5) is 14.9. The summed E-state index contributed by atoms with van der Waals surface area (Å²) in [7, 11) is 0. The van der Waals surface area contributed by atoms with Gasteiger partial charge in [-0.2, -0.15) is 0 Å². The second-order valence-corrected chi connectivity index (χ2v) is 6.93. The van der Waals surface area contributed by atoms with Crippen LogP contribution >= 0.6 is 0 Å². The van der Waals surface area contributed by atoms with Crippen LogP contribution in [0.1, 0.15) is 25.7 Å². The molecule has 0 aliphatic heterocycles. The van der Waals surface area contributed by atoms with Gasteiger partial charge in [0.1, 0.15) is 17.0 Å². The Hall–Kier alpha value is -1.90. The van der Waals surface area contributed by atoms with Gasteiger partial charge in [0.05, 0.1) is 6.61 Å². The van der Waals surface area contributed by atoms with Crippen molar-refractivity contribution in [3.05, 3.63) is 54.6 Å². The maximum atomic E-state index is 10.4. The van der Waals surface area contributed by atoms with Gasteiger partial charge in [0.15, 0.2) is 5.58 Å². The van der Waals surface area contributed by atoms with Crippen molar-refractivity contribution in [1.29, 1.82) is 0 Å². The first kappa shape index (κ1) is 22.8. The molecule has 6 nitrogen and oxygen atoms in total. The Bertz CT molecular complexity index is 1170. The van der Waals surface area contributed by atoms with E-state index in [9.17, 15) is 15.0 Å². The molecule has 30 heavy (non-hydrogen) atoms. The Morgan fingerprint density at radius 2 is 1.80 bits per heavy atom. The van der Waals surface area contributed by atoms with E-state index < -0.39 is 5.97 Å². The minimum absolute atomic E-state index is 0. The number of aliphatic carboxylic acids is 1. The minimum atomic E-state index is -1.01. The van der Waals surface area contributed by atoms with Crippen molar-refractivity contribution in [1.82, 2.24) is 4.98 Å². The van der Waals surface area contributed by atoms with Crippen molar-refractivity contribution >= 4 is 27.8 Å². The number of carbonyl (C=O) groups is 1. The van der Waals surface area contributed by atoms with E-state index in [0.29, 0.717) is 30.3 Å². The van der Waals surface area contributed by atoms with Gasteiger partial charge >= 0.3 is 51.4 Å². The van der Waals surface area contributed by atoms with Crippen molar-refractivity contribution in [3.8, 4) is 23.0 Å². The van der Waals surface area contributed by atoms with Crippen LogP contribution in [0.4, 0.5) is 0 Å². The van der Waals surface area contributed by atoms with Gasteiger partial charge in [0.25, 0.3) is 0 Å². The molecule has 0 aliphatic rings. The molecule has 1 aromatic heterocycles. The largest absolute Gasteiger partial charge is 1.00 e. The molecule has 0 atom stereocenters. The number of fused-ring (bicyclic) bond motifs is 2. The van der Waals surface area contributed by atoms with Gasteiger partial charge in [-0.1, -0.05) is 12.1 Å². The van der Waals surface area contributed by atoms with E-state index in [1.54, 1.807) is 12.1 Å². The average Bonchev–Trinajstić information content (AvgIpc) is 3.13. The van der Waals surface area contributed by atoms with E-state index in [0.717, 1.165) is 34.7 Å². The zero-order valence-corrected chi connectivity index (χ0v) is 19.9. The van der Waals surface area contributed by atoms with Crippen LogP contribution in [0, 0.1) is 0 Å². The molecule has 0 aliphatic carbocycles. The van der Waals surface area contributed by atoms with Crippen LogP contribution in [0.5, 0.6) is 11.5 Å². The van der Waals surface area contributed by atoms with E-state index >= 15 is 0 Å². The predicted octanol–water partition coefficient (Wildman–Crippen LogP) is 1.05. The number of rotatable bonds is 8. The van der Waals surface area contributed by atoms with Crippen LogP contribution in [0.15, 0.2) is 59.0 Å². The number of benzene rings is 3. The molecule has 0 amide bonds. The molecule has 4 aromatic rings. The number of aromatic hydroxyl groups is 1. The van der Waals surface area contributed by atoms with Crippen molar-refractivity contribution in [2.24, 2.45) is 0 Å². The van der Waals surface area contributed by atoms with Crippen LogP contribution < -0.4 is 61.2 Å². The molecule has 4 rings (SSSR count). The summed E-state index contributed by atoms with van der Waals surface area (Å²) in [6.07, 6.45) is 2.24. The van der Waals surface area contributed by atoms with Gasteiger partial charge in [-0.25, -0.2) is 4.98 Å². The van der Waals surface area contributed by atoms with E-state index in [1.807, 2.05) is 42.5 Å². The van der Waals surface area contributed by atoms with E-state index in [2.05, 4.69) is 4.98 Å². The van der Waals surface area contributed by atoms with Crippen LogP contribution in [-0.2, 0) is 4.79 Å². The first-order valence-corrected chi connectivity index (χ1v) is 9.55. The zero-order chi connectivity index (χ0) is 20.2. The molecular weight excluding hydrogens is 409 g/mol. The zero-order valence-electron chi connectivity index (χ0n) is 16.8. The maximum Gasteiger partial charge on any atom is 1.00 e. The molecule has 0 saturated carbocycles. The van der Waals surface area contributed by atoms with E-state index in [-0.39, 0.29) is 63.6 Å². The average molecular weight is 430 g/mol. The van der Waals surface area contributed by atoms with Gasteiger partial charge in [-0.05, 0) is 72.9 Å². The third-order valence-electron chi connectivity index (χ3n) is 4.72. The van der Waals surface area contributed by atoms with Crippen LogP contribution in [0.25, 0.3) is 33.3 Å². The summed E-state index contributed by atoms with van der Waals surface area (Å²) in [5, 5.41) is 21.9. The van der Waals surface area contributed by atoms with Crippen molar-refractivity contribution in [2.75, 3.05) is 6.61 Å². The fraction of sp³-hybridized carbons (Fsp3) is 0.217. The van der Waals surface area contributed by atoms with Gasteiger partial charge in [-0.15, -0.1) is 0 Å². The summed E-state index contributed by atoms with van der Waals surface area (Å²) >= 11 is 0. The number of phenols is 1. The Balaban J connectivity index is 0.00000256. The number of nitrogens with zero attached hydrogens (tertiary/aromatic N) is 1. The van der Waals surface area contributed by atoms with Crippen molar-refractivity contribution in [3.63, 3.8) is 0 Å². The maximum absolute atomic E-state index is 10.4. The number of carboxylic acid groups (broad SMARTS) is 1. The Labute approximate surface area is 216 Å². The van der Waals surface area contributed by atoms with Crippen molar-refractivity contribution in [2.45, 2.75) is 25.7 Å². The first-order chi connectivity index (χ1) is 14.1. The van der Waals surface area contributed by atoms with Crippen LogP contribution in [0.3, 0.4) is 0 Å². The molecule has 1 N–H and O–H groups in total. The number of hydrogen-bond acceptors (Lipinski definition) is 6. The Kier molecular flexibility index (Phi) is 7.91. The third kappa shape index (κ3) is 5.62. The molecule has 0 fully saturated rings. The van der Waals surface area contributed by atoms with Gasteiger partial charge < -0.3 is 24.2 Å². The predicted molar refractivity (Wildman–Crippen MR) is 108 cm³/mol. The minimum Gasteiger partial charge on any atom is -0.550 e. The number of oxazole rings is 1. The topological polar surface area (TPSA) is 95.6 Å². The number of carbonyl (C=O) groups excluding carboxylic acids is 1. The number of hydrogen-bond donors (Lipinski definition) is 1. The van der Waals surface area contributed by atoms with Crippen molar-refractivity contribution < 1.29 is 75.5 Å². The van der Waals surface area contributed by atoms with Gasteiger partial charge in [0, 0.05) is 17.6 Å². The molecule has 0 unspecified atom stereocenters.